The summed E-state index contributed by atoms with van der Waals surface area (Å²) >= 11 is 0. The van der Waals surface area contributed by atoms with Crippen LogP contribution in [-0.4, -0.2) is 258 Å². The summed E-state index contributed by atoms with van der Waals surface area (Å²) in [6, 6.07) is 0. The minimum atomic E-state index is -1.94. The van der Waals surface area contributed by atoms with Crippen molar-refractivity contribution in [3.05, 3.63) is 0 Å². The average molecular weight is 910 g/mol. The van der Waals surface area contributed by atoms with E-state index in [1.807, 2.05) is 0 Å². The zero-order valence-electron chi connectivity index (χ0n) is 34.4. The third-order valence-corrected chi connectivity index (χ3v) is 12.0. The van der Waals surface area contributed by atoms with Crippen molar-refractivity contribution < 1.29 is 119 Å². The molecule has 5 rings (SSSR count). The van der Waals surface area contributed by atoms with Crippen LogP contribution in [0.4, 0.5) is 0 Å². The molecule has 25 atom stereocenters. The largest absolute Gasteiger partial charge is 0.394 e. The van der Waals surface area contributed by atoms with Gasteiger partial charge in [0.15, 0.2) is 31.5 Å². The van der Waals surface area contributed by atoms with E-state index in [4.69, 9.17) is 53.1 Å². The van der Waals surface area contributed by atoms with Crippen molar-refractivity contribution in [1.82, 2.24) is 0 Å². The highest BCUT2D eigenvalue weighted by Gasteiger charge is 2.56. The number of hydrogen-bond acceptors (Lipinski definition) is 25. The van der Waals surface area contributed by atoms with Crippen LogP contribution in [0.5, 0.6) is 0 Å². The van der Waals surface area contributed by atoms with E-state index in [-0.39, 0.29) is 13.0 Å². The molecule has 0 aliphatic carbocycles. The Balaban J connectivity index is 1.26. The Bertz CT molecular complexity index is 1310. The van der Waals surface area contributed by atoms with E-state index in [0.29, 0.717) is 13.0 Å². The molecule has 0 saturated carbocycles. The third kappa shape index (κ3) is 11.4. The highest BCUT2D eigenvalue weighted by molar-refractivity contribution is 4.98. The van der Waals surface area contributed by atoms with Crippen molar-refractivity contribution in [3.63, 3.8) is 0 Å². The fourth-order valence-corrected chi connectivity index (χ4v) is 8.19. The molecule has 5 saturated heterocycles. The SMILES string of the molecule is CCC1O[C@@H](O[C@@H]2C(CO)O[C@@H](OCCCCCN)C(O)C2O)C(O)C(O)[C@H]1O[C@H]1OC(CO)[C@H](O)C(O[C@@H]2OC(CO)[C@H](O)C(O[C@@H]3OC(CO)[C@H](O)C(O)C3O)C2C)C1O. The summed E-state index contributed by atoms with van der Waals surface area (Å²) in [5.74, 6) is -1.08. The normalized spacial score (nSPS) is 49.2. The second-order valence-corrected chi connectivity index (χ2v) is 16.2. The van der Waals surface area contributed by atoms with Crippen LogP contribution < -0.4 is 5.73 Å². The van der Waals surface area contributed by atoms with Gasteiger partial charge < -0.3 is 125 Å². The van der Waals surface area contributed by atoms with E-state index in [9.17, 15) is 71.5 Å². The Morgan fingerprint density at radius 3 is 1.37 bits per heavy atom. The van der Waals surface area contributed by atoms with Crippen LogP contribution in [0.15, 0.2) is 0 Å². The molecule has 0 aromatic rings. The van der Waals surface area contributed by atoms with Crippen molar-refractivity contribution in [2.45, 2.75) is 187 Å². The molecule has 62 heavy (non-hydrogen) atoms. The lowest BCUT2D eigenvalue weighted by Gasteiger charge is -2.50. The van der Waals surface area contributed by atoms with Crippen molar-refractivity contribution >= 4 is 0 Å². The third-order valence-electron chi connectivity index (χ3n) is 12.0. The predicted octanol–water partition coefficient (Wildman–Crippen LogP) is -8.08. The van der Waals surface area contributed by atoms with Crippen LogP contribution in [0, 0.1) is 5.92 Å². The molecule has 0 bridgehead atoms. The first-order chi connectivity index (χ1) is 29.6. The van der Waals surface area contributed by atoms with Gasteiger partial charge in [0.05, 0.1) is 38.6 Å². The summed E-state index contributed by atoms with van der Waals surface area (Å²) in [7, 11) is 0. The summed E-state index contributed by atoms with van der Waals surface area (Å²) in [4.78, 5) is 0. The molecule has 0 aromatic carbocycles. The Morgan fingerprint density at radius 1 is 0.403 bits per heavy atom. The van der Waals surface area contributed by atoms with Gasteiger partial charge in [0, 0.05) is 12.5 Å². The lowest BCUT2D eigenvalue weighted by Crippen LogP contribution is -2.67. The van der Waals surface area contributed by atoms with Crippen LogP contribution in [0.1, 0.15) is 39.5 Å². The van der Waals surface area contributed by atoms with Crippen LogP contribution in [0.2, 0.25) is 0 Å². The molecule has 25 heteroatoms. The van der Waals surface area contributed by atoms with Crippen molar-refractivity contribution in [2.24, 2.45) is 11.7 Å². The van der Waals surface area contributed by atoms with Gasteiger partial charge in [-0.15, -0.1) is 0 Å². The standard InChI is InChI=1S/C37H67NO24/c1-3-14-30(24(48)27(51)36(54-14)61-31-18(12-42)58-34(26(50)23(31)47)53-8-6-4-5-7-38)60-37-28(52)32(21(45)17(11-41)57-37)62-33-13(2)29(20(44)16(10-40)55-33)59-35-25(49)22(46)19(43)15(9-39)56-35/h13-37,39-52H,3-12,38H2,1-2H3/t13?,14?,15?,16?,17?,18?,19-,20-,21-,22?,23?,24?,25?,26?,27?,28?,29?,30-,31+,32?,33-,34+,35-,36-,37+/m0/s1. The summed E-state index contributed by atoms with van der Waals surface area (Å²) in [5, 5.41) is 149. The van der Waals surface area contributed by atoms with E-state index in [1.165, 1.54) is 6.92 Å². The van der Waals surface area contributed by atoms with Gasteiger partial charge in [0.1, 0.15) is 104 Å². The number of aliphatic hydroxyl groups is 14. The van der Waals surface area contributed by atoms with Gasteiger partial charge in [-0.25, -0.2) is 0 Å². The molecule has 5 heterocycles. The first-order valence-corrected chi connectivity index (χ1v) is 21.0. The highest BCUT2D eigenvalue weighted by Crippen LogP contribution is 2.37. The topological polar surface area (TPSA) is 402 Å². The highest BCUT2D eigenvalue weighted by atomic mass is 16.8. The van der Waals surface area contributed by atoms with Crippen molar-refractivity contribution in [1.29, 1.82) is 0 Å². The Morgan fingerprint density at radius 2 is 0.823 bits per heavy atom. The summed E-state index contributed by atoms with van der Waals surface area (Å²) in [6.45, 7) is 0.602. The van der Waals surface area contributed by atoms with E-state index in [1.54, 1.807) is 6.92 Å². The molecule has 5 fully saturated rings. The average Bonchev–Trinajstić information content (AvgIpc) is 3.26. The molecule has 15 unspecified atom stereocenters. The first kappa shape index (κ1) is 52.0. The minimum absolute atomic E-state index is 0.0765. The number of hydrogen-bond donors (Lipinski definition) is 15. The lowest BCUT2D eigenvalue weighted by molar-refractivity contribution is -0.390. The zero-order valence-corrected chi connectivity index (χ0v) is 34.4. The number of aliphatic hydroxyl groups excluding tert-OH is 14. The van der Waals surface area contributed by atoms with Gasteiger partial charge in [0.25, 0.3) is 0 Å². The molecule has 0 amide bonds. The summed E-state index contributed by atoms with van der Waals surface area (Å²) in [5.41, 5.74) is 5.51. The maximum absolute atomic E-state index is 11.6. The molecular weight excluding hydrogens is 842 g/mol. The Labute approximate surface area is 356 Å². The lowest BCUT2D eigenvalue weighted by atomic mass is 9.91. The summed E-state index contributed by atoms with van der Waals surface area (Å²) in [6.07, 6.45) is -36.5. The molecule has 5 aliphatic heterocycles. The number of nitrogens with two attached hydrogens (primary N) is 1. The number of unbranched alkanes of at least 4 members (excludes halogenated alkanes) is 2. The second-order valence-electron chi connectivity index (χ2n) is 16.2. The molecule has 0 aromatic heterocycles. The molecule has 25 nitrogen and oxygen atoms in total. The molecule has 0 spiro atoms. The first-order valence-electron chi connectivity index (χ1n) is 21.0. The van der Waals surface area contributed by atoms with Gasteiger partial charge >= 0.3 is 0 Å². The van der Waals surface area contributed by atoms with E-state index in [0.717, 1.165) is 12.8 Å². The van der Waals surface area contributed by atoms with Crippen LogP contribution >= 0.6 is 0 Å². The number of ether oxygens (including phenoxy) is 10. The van der Waals surface area contributed by atoms with Gasteiger partial charge in [0.2, 0.25) is 0 Å². The fraction of sp³-hybridized carbons (Fsp3) is 1.00. The minimum Gasteiger partial charge on any atom is -0.394 e. The van der Waals surface area contributed by atoms with Crippen molar-refractivity contribution in [2.75, 3.05) is 39.6 Å². The smallest absolute Gasteiger partial charge is 0.187 e. The predicted molar refractivity (Wildman–Crippen MR) is 200 cm³/mol. The maximum Gasteiger partial charge on any atom is 0.187 e. The van der Waals surface area contributed by atoms with Crippen LogP contribution in [-0.2, 0) is 47.4 Å². The maximum atomic E-state index is 11.6. The Kier molecular flexibility index (Phi) is 19.8. The quantitative estimate of drug-likeness (QED) is 0.0535. The monoisotopic (exact) mass is 909 g/mol. The van der Waals surface area contributed by atoms with Gasteiger partial charge in [-0.2, -0.15) is 0 Å². The number of rotatable bonds is 19. The molecular formula is C37H67NO24. The molecule has 0 radical (unpaired) electrons. The van der Waals surface area contributed by atoms with Gasteiger partial charge in [-0.1, -0.05) is 13.8 Å². The van der Waals surface area contributed by atoms with Gasteiger partial charge in [-0.05, 0) is 32.2 Å². The van der Waals surface area contributed by atoms with Crippen LogP contribution in [0.25, 0.3) is 0 Å². The molecule has 364 valence electrons. The second kappa shape index (κ2) is 23.6. The Hall–Kier alpha value is -1.00. The van der Waals surface area contributed by atoms with E-state index in [2.05, 4.69) is 0 Å². The van der Waals surface area contributed by atoms with Gasteiger partial charge in [-0.3, -0.25) is 0 Å². The fourth-order valence-electron chi connectivity index (χ4n) is 8.19. The van der Waals surface area contributed by atoms with Crippen LogP contribution in [0.3, 0.4) is 0 Å². The molecule has 5 aliphatic rings. The van der Waals surface area contributed by atoms with E-state index >= 15 is 0 Å². The van der Waals surface area contributed by atoms with E-state index < -0.39 is 180 Å². The summed E-state index contributed by atoms with van der Waals surface area (Å²) < 4.78 is 57.7. The molecule has 16 N–H and O–H groups in total. The van der Waals surface area contributed by atoms with Crippen molar-refractivity contribution in [3.8, 4) is 0 Å². The zero-order chi connectivity index (χ0) is 45.6.